The molecule has 5 nitrogen and oxygen atoms in total. The van der Waals surface area contributed by atoms with E-state index in [2.05, 4.69) is 27.9 Å². The van der Waals surface area contributed by atoms with Crippen LogP contribution in [0.15, 0.2) is 78.4 Å². The summed E-state index contributed by atoms with van der Waals surface area (Å²) in [6.45, 7) is 0.378. The second-order valence-electron chi connectivity index (χ2n) is 6.32. The molecular formula is C24H19IN2O3. The van der Waals surface area contributed by atoms with E-state index in [1.807, 2.05) is 48.5 Å². The number of benzene rings is 3. The third kappa shape index (κ3) is 5.84. The highest BCUT2D eigenvalue weighted by Gasteiger charge is 2.11. The van der Waals surface area contributed by atoms with E-state index in [0.717, 1.165) is 9.13 Å². The smallest absolute Gasteiger partial charge is 0.266 e. The highest BCUT2D eigenvalue weighted by atomic mass is 127. The molecule has 0 aliphatic carbocycles. The summed E-state index contributed by atoms with van der Waals surface area (Å²) in [6.07, 6.45) is 1.52. The normalized spacial score (nSPS) is 10.8. The number of carbonyl (C=O) groups is 1. The van der Waals surface area contributed by atoms with Crippen LogP contribution in [0.2, 0.25) is 0 Å². The largest absolute Gasteiger partial charge is 0.493 e. The molecule has 0 atom stereocenters. The molecule has 30 heavy (non-hydrogen) atoms. The summed E-state index contributed by atoms with van der Waals surface area (Å²) in [5, 5.41) is 12.2. The van der Waals surface area contributed by atoms with Gasteiger partial charge >= 0.3 is 0 Å². The van der Waals surface area contributed by atoms with E-state index in [9.17, 15) is 10.1 Å². The molecule has 1 N–H and O–H groups in total. The zero-order valence-electron chi connectivity index (χ0n) is 16.3. The summed E-state index contributed by atoms with van der Waals surface area (Å²) in [7, 11) is 1.56. The van der Waals surface area contributed by atoms with Crippen molar-refractivity contribution in [1.82, 2.24) is 0 Å². The SMILES string of the molecule is COc1ccc(/C=C(/C#N)C(=O)Nc2ccc(I)cc2)cc1OCc1ccccc1. The van der Waals surface area contributed by atoms with Gasteiger partial charge in [-0.3, -0.25) is 4.79 Å². The molecule has 0 aromatic heterocycles. The van der Waals surface area contributed by atoms with Gasteiger partial charge in [0.25, 0.3) is 5.91 Å². The number of ether oxygens (including phenoxy) is 2. The Balaban J connectivity index is 1.78. The molecule has 3 aromatic rings. The number of rotatable bonds is 7. The Morgan fingerprint density at radius 3 is 2.47 bits per heavy atom. The molecule has 0 saturated heterocycles. The zero-order valence-corrected chi connectivity index (χ0v) is 18.4. The van der Waals surface area contributed by atoms with Crippen molar-refractivity contribution in [3.8, 4) is 17.6 Å². The van der Waals surface area contributed by atoms with Crippen LogP contribution in [0.3, 0.4) is 0 Å². The van der Waals surface area contributed by atoms with Crippen molar-refractivity contribution >= 4 is 40.3 Å². The molecule has 3 aromatic carbocycles. The number of nitriles is 1. The van der Waals surface area contributed by atoms with Gasteiger partial charge in [-0.2, -0.15) is 5.26 Å². The highest BCUT2D eigenvalue weighted by molar-refractivity contribution is 14.1. The summed E-state index contributed by atoms with van der Waals surface area (Å²) >= 11 is 2.19. The van der Waals surface area contributed by atoms with Crippen molar-refractivity contribution in [2.45, 2.75) is 6.61 Å². The van der Waals surface area contributed by atoms with Crippen LogP contribution < -0.4 is 14.8 Å². The maximum atomic E-state index is 12.5. The minimum atomic E-state index is -0.471. The minimum absolute atomic E-state index is 0.00673. The number of methoxy groups -OCH3 is 1. The molecule has 0 saturated carbocycles. The molecule has 0 fully saturated rings. The van der Waals surface area contributed by atoms with Crippen molar-refractivity contribution in [2.75, 3.05) is 12.4 Å². The second-order valence-corrected chi connectivity index (χ2v) is 7.56. The van der Waals surface area contributed by atoms with Crippen LogP contribution in [0.1, 0.15) is 11.1 Å². The van der Waals surface area contributed by atoms with Gasteiger partial charge in [-0.05, 0) is 76.2 Å². The van der Waals surface area contributed by atoms with Crippen LogP contribution in [0.4, 0.5) is 5.69 Å². The van der Waals surface area contributed by atoms with Gasteiger partial charge in [0.2, 0.25) is 0 Å². The van der Waals surface area contributed by atoms with Crippen molar-refractivity contribution in [3.63, 3.8) is 0 Å². The highest BCUT2D eigenvalue weighted by Crippen LogP contribution is 2.30. The summed E-state index contributed by atoms with van der Waals surface area (Å²) in [5.74, 6) is 0.636. The molecule has 0 heterocycles. The number of anilines is 1. The van der Waals surface area contributed by atoms with Crippen molar-refractivity contribution in [2.24, 2.45) is 0 Å². The van der Waals surface area contributed by atoms with Crippen LogP contribution in [0.5, 0.6) is 11.5 Å². The summed E-state index contributed by atoms with van der Waals surface area (Å²) < 4.78 is 12.3. The zero-order chi connectivity index (χ0) is 21.3. The molecule has 150 valence electrons. The first kappa shape index (κ1) is 21.4. The predicted octanol–water partition coefficient (Wildman–Crippen LogP) is 5.42. The Kier molecular flexibility index (Phi) is 7.46. The molecule has 0 aliphatic heterocycles. The van der Waals surface area contributed by atoms with Crippen LogP contribution in [0.25, 0.3) is 6.08 Å². The maximum absolute atomic E-state index is 12.5. The van der Waals surface area contributed by atoms with E-state index >= 15 is 0 Å². The Hall–Kier alpha value is -3.31. The second kappa shape index (κ2) is 10.5. The average Bonchev–Trinajstić information content (AvgIpc) is 2.78. The first-order valence-corrected chi connectivity index (χ1v) is 10.2. The molecular weight excluding hydrogens is 491 g/mol. The molecule has 0 radical (unpaired) electrons. The van der Waals surface area contributed by atoms with Gasteiger partial charge in [-0.15, -0.1) is 0 Å². The first-order chi connectivity index (χ1) is 14.6. The third-order valence-corrected chi connectivity index (χ3v) is 4.92. The predicted molar refractivity (Wildman–Crippen MR) is 125 cm³/mol. The molecule has 3 rings (SSSR count). The summed E-state index contributed by atoms with van der Waals surface area (Å²) in [6, 6.07) is 24.3. The van der Waals surface area contributed by atoms with Gasteiger partial charge in [0.05, 0.1) is 7.11 Å². The number of amides is 1. The topological polar surface area (TPSA) is 71.3 Å². The third-order valence-electron chi connectivity index (χ3n) is 4.20. The maximum Gasteiger partial charge on any atom is 0.266 e. The van der Waals surface area contributed by atoms with E-state index in [4.69, 9.17) is 9.47 Å². The summed E-state index contributed by atoms with van der Waals surface area (Å²) in [5.41, 5.74) is 2.30. The number of nitrogens with one attached hydrogen (secondary N) is 1. The lowest BCUT2D eigenvalue weighted by Gasteiger charge is -2.12. The van der Waals surface area contributed by atoms with Gasteiger partial charge in [-0.1, -0.05) is 36.4 Å². The van der Waals surface area contributed by atoms with E-state index in [1.54, 1.807) is 37.4 Å². The fraction of sp³-hybridized carbons (Fsp3) is 0.0833. The number of halogens is 1. The van der Waals surface area contributed by atoms with E-state index in [-0.39, 0.29) is 5.57 Å². The van der Waals surface area contributed by atoms with Crippen molar-refractivity contribution in [1.29, 1.82) is 5.26 Å². The van der Waals surface area contributed by atoms with E-state index < -0.39 is 5.91 Å². The van der Waals surface area contributed by atoms with Gasteiger partial charge in [-0.25, -0.2) is 0 Å². The fourth-order valence-electron chi connectivity index (χ4n) is 2.68. The number of nitrogens with zero attached hydrogens (tertiary/aromatic N) is 1. The Morgan fingerprint density at radius 2 is 1.80 bits per heavy atom. The van der Waals surface area contributed by atoms with Gasteiger partial charge < -0.3 is 14.8 Å². The Labute approximate surface area is 189 Å². The Morgan fingerprint density at radius 1 is 1.07 bits per heavy atom. The quantitative estimate of drug-likeness (QED) is 0.262. The molecule has 0 bridgehead atoms. The lowest BCUT2D eigenvalue weighted by atomic mass is 10.1. The molecule has 1 amide bonds. The number of carbonyl (C=O) groups excluding carboxylic acids is 1. The van der Waals surface area contributed by atoms with Gasteiger partial charge in [0, 0.05) is 9.26 Å². The van der Waals surface area contributed by atoms with E-state index in [0.29, 0.717) is 29.4 Å². The molecule has 0 unspecified atom stereocenters. The van der Waals surface area contributed by atoms with Gasteiger partial charge in [0.1, 0.15) is 18.2 Å². The molecule has 0 aliphatic rings. The molecule has 6 heteroatoms. The lowest BCUT2D eigenvalue weighted by molar-refractivity contribution is -0.112. The van der Waals surface area contributed by atoms with Crippen LogP contribution in [-0.2, 0) is 11.4 Å². The monoisotopic (exact) mass is 510 g/mol. The average molecular weight is 510 g/mol. The Bertz CT molecular complexity index is 1090. The van der Waals surface area contributed by atoms with Crippen molar-refractivity contribution < 1.29 is 14.3 Å². The number of hydrogen-bond acceptors (Lipinski definition) is 4. The number of hydrogen-bond donors (Lipinski definition) is 1. The summed E-state index contributed by atoms with van der Waals surface area (Å²) in [4.78, 5) is 12.5. The van der Waals surface area contributed by atoms with E-state index in [1.165, 1.54) is 6.08 Å². The minimum Gasteiger partial charge on any atom is -0.493 e. The van der Waals surface area contributed by atoms with Crippen LogP contribution in [0, 0.1) is 14.9 Å². The molecule has 0 spiro atoms. The van der Waals surface area contributed by atoms with Gasteiger partial charge in [0.15, 0.2) is 11.5 Å². The standard InChI is InChI=1S/C24H19IN2O3/c1-29-22-12-7-18(14-23(22)30-16-17-5-3-2-4-6-17)13-19(15-26)24(28)27-21-10-8-20(25)9-11-21/h2-14H,16H2,1H3,(H,27,28)/b19-13-. The van der Waals surface area contributed by atoms with Crippen LogP contribution in [-0.4, -0.2) is 13.0 Å². The first-order valence-electron chi connectivity index (χ1n) is 9.12. The lowest BCUT2D eigenvalue weighted by Crippen LogP contribution is -2.13. The van der Waals surface area contributed by atoms with Crippen molar-refractivity contribution in [3.05, 3.63) is 93.1 Å². The van der Waals surface area contributed by atoms with Crippen LogP contribution >= 0.6 is 22.6 Å². The fourth-order valence-corrected chi connectivity index (χ4v) is 3.04.